The maximum atomic E-state index is 11.3. The van der Waals surface area contributed by atoms with Gasteiger partial charge in [-0.1, -0.05) is 0 Å². The van der Waals surface area contributed by atoms with E-state index < -0.39 is 6.04 Å². The molecule has 1 N–H and O–H groups in total. The van der Waals surface area contributed by atoms with Crippen LogP contribution in [0.25, 0.3) is 0 Å². The van der Waals surface area contributed by atoms with E-state index in [0.29, 0.717) is 11.6 Å². The fourth-order valence-corrected chi connectivity index (χ4v) is 1.29. The number of carbonyl (C=O) groups excluding carboxylic acids is 1. The second kappa shape index (κ2) is 6.08. The number of hydrogen-bond acceptors (Lipinski definition) is 5. The summed E-state index contributed by atoms with van der Waals surface area (Å²) in [7, 11) is 1.35. The fraction of sp³-hybridized carbons (Fsp3) is 0.500. The summed E-state index contributed by atoms with van der Waals surface area (Å²) in [6.07, 6.45) is 1.69. The van der Waals surface area contributed by atoms with Gasteiger partial charge in [-0.25, -0.2) is 9.78 Å². The van der Waals surface area contributed by atoms with Gasteiger partial charge in [0.25, 0.3) is 0 Å². The summed E-state index contributed by atoms with van der Waals surface area (Å²) in [5.74, 6) is 0.823. The van der Waals surface area contributed by atoms with E-state index in [9.17, 15) is 4.79 Å². The molecule has 1 aromatic heterocycles. The molecule has 1 heterocycles. The van der Waals surface area contributed by atoms with Crippen molar-refractivity contribution in [3.63, 3.8) is 0 Å². The number of esters is 1. The van der Waals surface area contributed by atoms with Crippen molar-refractivity contribution in [1.82, 2.24) is 4.98 Å². The lowest BCUT2D eigenvalue weighted by molar-refractivity contribution is -0.141. The van der Waals surface area contributed by atoms with E-state index in [1.54, 1.807) is 25.3 Å². The highest BCUT2D eigenvalue weighted by Gasteiger charge is 2.15. The lowest BCUT2D eigenvalue weighted by Crippen LogP contribution is -2.28. The molecule has 1 unspecified atom stereocenters. The molecule has 0 amide bonds. The summed E-state index contributed by atoms with van der Waals surface area (Å²) >= 11 is 0. The third-order valence-corrected chi connectivity index (χ3v) is 2.04. The highest BCUT2D eigenvalue weighted by molar-refractivity contribution is 5.78. The molecule has 0 aliphatic carbocycles. The zero-order valence-electron chi connectivity index (χ0n) is 10.6. The standard InChI is InChI=1S/C12H18N2O3/c1-8(2)17-10-6-5-7-13-11(10)14-9(3)12(15)16-4/h5-9H,1-4H3,(H,13,14). The van der Waals surface area contributed by atoms with Gasteiger partial charge in [0.15, 0.2) is 11.6 Å². The van der Waals surface area contributed by atoms with Crippen LogP contribution in [0.2, 0.25) is 0 Å². The molecule has 0 fully saturated rings. The van der Waals surface area contributed by atoms with Crippen molar-refractivity contribution in [3.8, 4) is 5.75 Å². The molecule has 1 aromatic rings. The third-order valence-electron chi connectivity index (χ3n) is 2.04. The maximum Gasteiger partial charge on any atom is 0.328 e. The topological polar surface area (TPSA) is 60.5 Å². The van der Waals surface area contributed by atoms with Gasteiger partial charge in [-0.15, -0.1) is 0 Å². The summed E-state index contributed by atoms with van der Waals surface area (Å²) in [4.78, 5) is 15.4. The molecule has 0 aliphatic rings. The first-order valence-corrected chi connectivity index (χ1v) is 5.50. The Balaban J connectivity index is 2.79. The molecular weight excluding hydrogens is 220 g/mol. The summed E-state index contributed by atoms with van der Waals surface area (Å²) < 4.78 is 10.2. The van der Waals surface area contributed by atoms with E-state index in [1.165, 1.54) is 7.11 Å². The van der Waals surface area contributed by atoms with Crippen molar-refractivity contribution >= 4 is 11.8 Å². The van der Waals surface area contributed by atoms with Gasteiger partial charge in [0.1, 0.15) is 6.04 Å². The van der Waals surface area contributed by atoms with Crippen molar-refractivity contribution in [2.75, 3.05) is 12.4 Å². The van der Waals surface area contributed by atoms with Crippen LogP contribution >= 0.6 is 0 Å². The summed E-state index contributed by atoms with van der Waals surface area (Å²) in [5.41, 5.74) is 0. The zero-order valence-corrected chi connectivity index (χ0v) is 10.6. The van der Waals surface area contributed by atoms with Crippen LogP contribution in [0.3, 0.4) is 0 Å². The zero-order chi connectivity index (χ0) is 12.8. The van der Waals surface area contributed by atoms with Crippen molar-refractivity contribution in [2.45, 2.75) is 32.9 Å². The van der Waals surface area contributed by atoms with Crippen molar-refractivity contribution in [3.05, 3.63) is 18.3 Å². The number of nitrogens with zero attached hydrogens (tertiary/aromatic N) is 1. The lowest BCUT2D eigenvalue weighted by Gasteiger charge is -2.17. The van der Waals surface area contributed by atoms with E-state index in [2.05, 4.69) is 15.0 Å². The molecule has 0 bridgehead atoms. The van der Waals surface area contributed by atoms with Crippen LogP contribution in [0.1, 0.15) is 20.8 Å². The maximum absolute atomic E-state index is 11.3. The van der Waals surface area contributed by atoms with E-state index in [0.717, 1.165) is 0 Å². The minimum atomic E-state index is -0.468. The smallest absolute Gasteiger partial charge is 0.328 e. The van der Waals surface area contributed by atoms with E-state index >= 15 is 0 Å². The van der Waals surface area contributed by atoms with Gasteiger partial charge < -0.3 is 14.8 Å². The molecule has 0 aromatic carbocycles. The average molecular weight is 238 g/mol. The quantitative estimate of drug-likeness (QED) is 0.793. The molecule has 17 heavy (non-hydrogen) atoms. The molecule has 1 atom stereocenters. The van der Waals surface area contributed by atoms with Crippen LogP contribution in [-0.2, 0) is 9.53 Å². The van der Waals surface area contributed by atoms with Gasteiger partial charge in [0, 0.05) is 6.20 Å². The van der Waals surface area contributed by atoms with Crippen LogP contribution in [0.4, 0.5) is 5.82 Å². The largest absolute Gasteiger partial charge is 0.487 e. The Kier molecular flexibility index (Phi) is 4.75. The molecule has 0 saturated heterocycles. The first-order valence-electron chi connectivity index (χ1n) is 5.50. The summed E-state index contributed by atoms with van der Waals surface area (Å²) in [6.45, 7) is 5.57. The highest BCUT2D eigenvalue weighted by atomic mass is 16.5. The molecule has 0 radical (unpaired) electrons. The second-order valence-electron chi connectivity index (χ2n) is 3.91. The second-order valence-corrected chi connectivity index (χ2v) is 3.91. The van der Waals surface area contributed by atoms with Gasteiger partial charge in [-0.05, 0) is 32.9 Å². The minimum absolute atomic E-state index is 0.0492. The Bertz CT molecular complexity index is 380. The van der Waals surface area contributed by atoms with Gasteiger partial charge in [0.2, 0.25) is 0 Å². The van der Waals surface area contributed by atoms with E-state index in [1.807, 2.05) is 13.8 Å². The number of carbonyl (C=O) groups is 1. The van der Waals surface area contributed by atoms with Crippen LogP contribution in [0.15, 0.2) is 18.3 Å². The number of pyridine rings is 1. The first kappa shape index (κ1) is 13.3. The number of hydrogen-bond donors (Lipinski definition) is 1. The number of nitrogens with one attached hydrogen (secondary N) is 1. The van der Waals surface area contributed by atoms with Crippen molar-refractivity contribution in [1.29, 1.82) is 0 Å². The van der Waals surface area contributed by atoms with Crippen LogP contribution < -0.4 is 10.1 Å². The van der Waals surface area contributed by atoms with Crippen LogP contribution in [0, 0.1) is 0 Å². The molecule has 94 valence electrons. The van der Waals surface area contributed by atoms with Gasteiger partial charge in [0.05, 0.1) is 13.2 Å². The summed E-state index contributed by atoms with van der Waals surface area (Å²) in [5, 5.41) is 2.96. The fourth-order valence-electron chi connectivity index (χ4n) is 1.29. The Morgan fingerprint density at radius 1 is 1.41 bits per heavy atom. The van der Waals surface area contributed by atoms with Crippen molar-refractivity contribution < 1.29 is 14.3 Å². The third kappa shape index (κ3) is 3.94. The monoisotopic (exact) mass is 238 g/mol. The Labute approximate surface area is 101 Å². The molecule has 5 nitrogen and oxygen atoms in total. The predicted octanol–water partition coefficient (Wildman–Crippen LogP) is 1.84. The Morgan fingerprint density at radius 2 is 2.12 bits per heavy atom. The normalized spacial score (nSPS) is 12.1. The molecule has 5 heteroatoms. The molecule has 1 rings (SSSR count). The Hall–Kier alpha value is -1.78. The van der Waals surface area contributed by atoms with E-state index in [4.69, 9.17) is 4.74 Å². The van der Waals surface area contributed by atoms with E-state index in [-0.39, 0.29) is 12.1 Å². The highest BCUT2D eigenvalue weighted by Crippen LogP contribution is 2.22. The molecule has 0 saturated carbocycles. The average Bonchev–Trinajstić information content (AvgIpc) is 2.29. The Morgan fingerprint density at radius 3 is 2.71 bits per heavy atom. The SMILES string of the molecule is COC(=O)C(C)Nc1ncccc1OC(C)C. The van der Waals surface area contributed by atoms with Crippen molar-refractivity contribution in [2.24, 2.45) is 0 Å². The molecule has 0 aliphatic heterocycles. The number of aromatic nitrogens is 1. The van der Waals surface area contributed by atoms with Crippen LogP contribution in [-0.4, -0.2) is 30.2 Å². The van der Waals surface area contributed by atoms with Gasteiger partial charge in [-0.3, -0.25) is 0 Å². The number of rotatable bonds is 5. The molecular formula is C12H18N2O3. The number of methoxy groups -OCH3 is 1. The summed E-state index contributed by atoms with van der Waals surface area (Å²) in [6, 6.07) is 3.12. The lowest BCUT2D eigenvalue weighted by atomic mass is 10.3. The van der Waals surface area contributed by atoms with Gasteiger partial charge >= 0.3 is 5.97 Å². The van der Waals surface area contributed by atoms with Gasteiger partial charge in [-0.2, -0.15) is 0 Å². The number of anilines is 1. The first-order chi connectivity index (χ1) is 8.04. The molecule has 0 spiro atoms. The minimum Gasteiger partial charge on any atom is -0.487 e. The van der Waals surface area contributed by atoms with Crippen LogP contribution in [0.5, 0.6) is 5.75 Å². The predicted molar refractivity (Wildman–Crippen MR) is 65.1 cm³/mol. The number of ether oxygens (including phenoxy) is 2.